The van der Waals surface area contributed by atoms with Crippen molar-refractivity contribution in [2.75, 3.05) is 23.6 Å². The van der Waals surface area contributed by atoms with E-state index in [0.29, 0.717) is 17.7 Å². The first-order chi connectivity index (χ1) is 9.85. The third-order valence-electron chi connectivity index (χ3n) is 2.98. The fourth-order valence-electron chi connectivity index (χ4n) is 1.82. The number of sulfonamides is 1. The summed E-state index contributed by atoms with van der Waals surface area (Å²) in [6.45, 7) is 5.53. The predicted octanol–water partition coefficient (Wildman–Crippen LogP) is 3.42. The Hall–Kier alpha value is -0.660. The molecule has 0 fully saturated rings. The number of halogens is 2. The summed E-state index contributed by atoms with van der Waals surface area (Å²) in [6, 6.07) is 2.75. The number of anilines is 1. The van der Waals surface area contributed by atoms with Gasteiger partial charge >= 0.3 is 0 Å². The Morgan fingerprint density at radius 1 is 1.24 bits per heavy atom. The number of benzene rings is 1. The van der Waals surface area contributed by atoms with Crippen molar-refractivity contribution in [1.29, 1.82) is 0 Å². The molecule has 0 aromatic heterocycles. The molecule has 0 unspecified atom stereocenters. The molecule has 0 amide bonds. The normalized spacial score (nSPS) is 11.6. The first-order valence-corrected chi connectivity index (χ1v) is 9.47. The van der Waals surface area contributed by atoms with Gasteiger partial charge in [-0.2, -0.15) is 0 Å². The molecule has 0 aliphatic heterocycles. The van der Waals surface area contributed by atoms with E-state index >= 15 is 0 Å². The third-order valence-corrected chi connectivity index (χ3v) is 4.94. The lowest BCUT2D eigenvalue weighted by atomic mass is 10.2. The maximum absolute atomic E-state index is 13.3. The van der Waals surface area contributed by atoms with E-state index in [1.807, 2.05) is 0 Å². The van der Waals surface area contributed by atoms with E-state index in [0.717, 1.165) is 25.9 Å². The van der Waals surface area contributed by atoms with Crippen molar-refractivity contribution in [3.05, 3.63) is 28.0 Å². The van der Waals surface area contributed by atoms with Crippen LogP contribution in [0.15, 0.2) is 16.6 Å². The molecular formula is C14H22BrFN2O2S. The Kier molecular flexibility index (Phi) is 7.62. The molecule has 0 atom stereocenters. The molecule has 0 saturated carbocycles. The second-order valence-electron chi connectivity index (χ2n) is 4.96. The van der Waals surface area contributed by atoms with Crippen molar-refractivity contribution in [2.45, 2.75) is 33.1 Å². The fourth-order valence-corrected chi connectivity index (χ4v) is 3.40. The van der Waals surface area contributed by atoms with E-state index in [2.05, 4.69) is 32.9 Å². The molecule has 0 radical (unpaired) electrons. The Morgan fingerprint density at radius 2 is 1.95 bits per heavy atom. The Balaban J connectivity index is 2.51. The monoisotopic (exact) mass is 380 g/mol. The molecule has 1 aromatic rings. The number of unbranched alkanes of at least 4 members (excludes halogenated alkanes) is 1. The van der Waals surface area contributed by atoms with Gasteiger partial charge in [0.25, 0.3) is 0 Å². The molecule has 1 rings (SSSR count). The van der Waals surface area contributed by atoms with Crippen LogP contribution in [0.25, 0.3) is 0 Å². The molecule has 0 saturated heterocycles. The molecule has 0 bridgehead atoms. The van der Waals surface area contributed by atoms with Gasteiger partial charge in [-0.15, -0.1) is 0 Å². The van der Waals surface area contributed by atoms with Crippen LogP contribution in [-0.4, -0.2) is 27.3 Å². The fraction of sp³-hybridized carbons (Fsp3) is 0.571. The molecule has 0 aliphatic carbocycles. The molecule has 21 heavy (non-hydrogen) atoms. The van der Waals surface area contributed by atoms with Crippen LogP contribution in [0.1, 0.15) is 31.7 Å². The van der Waals surface area contributed by atoms with Crippen LogP contribution in [0.4, 0.5) is 10.1 Å². The highest BCUT2D eigenvalue weighted by molar-refractivity contribution is 9.10. The van der Waals surface area contributed by atoms with Crippen molar-refractivity contribution in [3.8, 4) is 0 Å². The average Bonchev–Trinajstić information content (AvgIpc) is 2.40. The van der Waals surface area contributed by atoms with Gasteiger partial charge in [0, 0.05) is 0 Å². The van der Waals surface area contributed by atoms with Crippen LogP contribution in [0.3, 0.4) is 0 Å². The van der Waals surface area contributed by atoms with Crippen molar-refractivity contribution in [1.82, 2.24) is 5.32 Å². The maximum atomic E-state index is 13.3. The lowest BCUT2D eigenvalue weighted by Crippen LogP contribution is -2.20. The van der Waals surface area contributed by atoms with Gasteiger partial charge in [-0.3, -0.25) is 4.72 Å². The van der Waals surface area contributed by atoms with Crippen molar-refractivity contribution in [2.24, 2.45) is 0 Å². The van der Waals surface area contributed by atoms with E-state index in [1.54, 1.807) is 6.92 Å². The molecule has 2 N–H and O–H groups in total. The van der Waals surface area contributed by atoms with Gasteiger partial charge < -0.3 is 5.32 Å². The summed E-state index contributed by atoms with van der Waals surface area (Å²) in [6.07, 6.45) is 2.47. The van der Waals surface area contributed by atoms with Crippen molar-refractivity contribution >= 4 is 31.6 Å². The first-order valence-electron chi connectivity index (χ1n) is 7.02. The summed E-state index contributed by atoms with van der Waals surface area (Å²) in [5.74, 6) is -0.340. The highest BCUT2D eigenvalue weighted by atomic mass is 79.9. The zero-order valence-electron chi connectivity index (χ0n) is 12.4. The van der Waals surface area contributed by atoms with Gasteiger partial charge in [0.1, 0.15) is 5.82 Å². The second kappa shape index (κ2) is 8.70. The Bertz CT molecular complexity index is 564. The quantitative estimate of drug-likeness (QED) is 0.645. The van der Waals surface area contributed by atoms with Gasteiger partial charge in [0.2, 0.25) is 10.0 Å². The summed E-state index contributed by atoms with van der Waals surface area (Å²) in [5, 5.41) is 3.23. The molecular weight excluding hydrogens is 359 g/mol. The molecule has 0 aliphatic rings. The van der Waals surface area contributed by atoms with Gasteiger partial charge in [-0.25, -0.2) is 12.8 Å². The lowest BCUT2D eigenvalue weighted by molar-refractivity contribution is 0.590. The number of hydrogen-bond donors (Lipinski definition) is 2. The summed E-state index contributed by atoms with van der Waals surface area (Å²) in [7, 11) is -3.40. The van der Waals surface area contributed by atoms with Crippen LogP contribution in [-0.2, 0) is 10.0 Å². The minimum Gasteiger partial charge on any atom is -0.317 e. The standard InChI is InChI=1S/C14H22BrFN2O2S/c1-3-6-17-7-4-5-8-21(19,20)18-14-10-12(15)13(16)9-11(14)2/h9-10,17-18H,3-8H2,1-2H3. The molecule has 1 aromatic carbocycles. The molecule has 7 heteroatoms. The highest BCUT2D eigenvalue weighted by Crippen LogP contribution is 2.25. The van der Waals surface area contributed by atoms with E-state index in [1.165, 1.54) is 12.1 Å². The van der Waals surface area contributed by atoms with Gasteiger partial charge in [0.05, 0.1) is 15.9 Å². The van der Waals surface area contributed by atoms with E-state index < -0.39 is 15.8 Å². The topological polar surface area (TPSA) is 58.2 Å². The minimum atomic E-state index is -3.40. The van der Waals surface area contributed by atoms with Crippen molar-refractivity contribution < 1.29 is 12.8 Å². The third kappa shape index (κ3) is 6.76. The molecule has 120 valence electrons. The smallest absolute Gasteiger partial charge is 0.232 e. The molecule has 0 heterocycles. The Labute approximate surface area is 134 Å². The van der Waals surface area contributed by atoms with Crippen LogP contribution in [0, 0.1) is 12.7 Å². The average molecular weight is 381 g/mol. The van der Waals surface area contributed by atoms with Crippen molar-refractivity contribution in [3.63, 3.8) is 0 Å². The van der Waals surface area contributed by atoms with Gasteiger partial charge in [-0.1, -0.05) is 6.92 Å². The lowest BCUT2D eigenvalue weighted by Gasteiger charge is -2.11. The molecule has 0 spiro atoms. The number of hydrogen-bond acceptors (Lipinski definition) is 3. The SMILES string of the molecule is CCCNCCCCS(=O)(=O)Nc1cc(Br)c(F)cc1C. The van der Waals surface area contributed by atoms with E-state index in [-0.39, 0.29) is 10.2 Å². The van der Waals surface area contributed by atoms with Crippen LogP contribution < -0.4 is 10.0 Å². The number of rotatable bonds is 9. The zero-order valence-corrected chi connectivity index (χ0v) is 14.8. The maximum Gasteiger partial charge on any atom is 0.232 e. The molecule has 4 nitrogen and oxygen atoms in total. The Morgan fingerprint density at radius 3 is 2.62 bits per heavy atom. The van der Waals surface area contributed by atoms with Gasteiger partial charge in [0.15, 0.2) is 0 Å². The largest absolute Gasteiger partial charge is 0.317 e. The van der Waals surface area contributed by atoms with E-state index in [4.69, 9.17) is 0 Å². The predicted molar refractivity (Wildman–Crippen MR) is 88.6 cm³/mol. The minimum absolute atomic E-state index is 0.0647. The zero-order chi connectivity index (χ0) is 15.9. The van der Waals surface area contributed by atoms with Crippen LogP contribution >= 0.6 is 15.9 Å². The number of aryl methyl sites for hydroxylation is 1. The van der Waals surface area contributed by atoms with Gasteiger partial charge in [-0.05, 0) is 72.9 Å². The summed E-state index contributed by atoms with van der Waals surface area (Å²) >= 11 is 3.06. The first kappa shape index (κ1) is 18.4. The highest BCUT2D eigenvalue weighted by Gasteiger charge is 2.13. The van der Waals surface area contributed by atoms with Crippen LogP contribution in [0.5, 0.6) is 0 Å². The van der Waals surface area contributed by atoms with Crippen LogP contribution in [0.2, 0.25) is 0 Å². The summed E-state index contributed by atoms with van der Waals surface area (Å²) in [4.78, 5) is 0. The summed E-state index contributed by atoms with van der Waals surface area (Å²) < 4.78 is 40.1. The second-order valence-corrected chi connectivity index (χ2v) is 7.66. The van der Waals surface area contributed by atoms with E-state index in [9.17, 15) is 12.8 Å². The summed E-state index contributed by atoms with van der Waals surface area (Å²) in [5.41, 5.74) is 0.969. The number of nitrogens with one attached hydrogen (secondary N) is 2.